The number of carboxylic acid groups (broad SMARTS) is 1. The lowest BCUT2D eigenvalue weighted by molar-refractivity contribution is 0.0702. The van der Waals surface area contributed by atoms with Crippen LogP contribution in [0.3, 0.4) is 0 Å². The number of rotatable bonds is 3. The molecule has 1 N–H and O–H groups in total. The second kappa shape index (κ2) is 4.60. The number of aromatic carboxylic acids is 1. The van der Waals surface area contributed by atoms with Crippen molar-refractivity contribution in [1.82, 2.24) is 20.0 Å². The smallest absolute Gasteiger partial charge is 0.345 e. The predicted molar refractivity (Wildman–Crippen MR) is 66.5 cm³/mol. The molecule has 0 unspecified atom stereocenters. The van der Waals surface area contributed by atoms with Crippen LogP contribution in [0.4, 0.5) is 8.78 Å². The summed E-state index contributed by atoms with van der Waals surface area (Å²) in [7, 11) is 0. The van der Waals surface area contributed by atoms with E-state index in [0.29, 0.717) is 4.83 Å². The number of fused-ring (bicyclic) bond motifs is 1. The summed E-state index contributed by atoms with van der Waals surface area (Å²) in [6.07, 6.45) is -1.36. The Morgan fingerprint density at radius 2 is 2.25 bits per heavy atom. The number of alkyl halides is 2. The van der Waals surface area contributed by atoms with Crippen molar-refractivity contribution in [2.45, 2.75) is 6.43 Å². The molecular weight excluding hydrogens is 290 g/mol. The van der Waals surface area contributed by atoms with E-state index in [-0.39, 0.29) is 16.1 Å². The number of hydrogen-bond acceptors (Lipinski definition) is 5. The Morgan fingerprint density at radius 1 is 1.45 bits per heavy atom. The highest BCUT2D eigenvalue weighted by Gasteiger charge is 2.23. The first-order valence-corrected chi connectivity index (χ1v) is 6.21. The first kappa shape index (κ1) is 12.6. The van der Waals surface area contributed by atoms with Crippen LogP contribution in [0.25, 0.3) is 16.0 Å². The Kier molecular flexibility index (Phi) is 2.90. The topological polar surface area (TPSA) is 80.9 Å². The standard InChI is InChI=1S/C11H6F2N4O2S/c12-9(13)8-5-4-6(11(18)19)20-10(5)17(16-8)7-2-1-3-14-15-7/h1-4,9H,(H,18,19). The van der Waals surface area contributed by atoms with Gasteiger partial charge in [-0.2, -0.15) is 10.2 Å². The van der Waals surface area contributed by atoms with Gasteiger partial charge in [0.15, 0.2) is 5.82 Å². The maximum Gasteiger partial charge on any atom is 0.345 e. The highest BCUT2D eigenvalue weighted by atomic mass is 32.1. The summed E-state index contributed by atoms with van der Waals surface area (Å²) >= 11 is 0.865. The monoisotopic (exact) mass is 296 g/mol. The lowest BCUT2D eigenvalue weighted by Gasteiger charge is -1.98. The molecule has 0 radical (unpaired) electrons. The molecular formula is C11H6F2N4O2S. The van der Waals surface area contributed by atoms with Crippen molar-refractivity contribution >= 4 is 27.5 Å². The molecule has 102 valence electrons. The third kappa shape index (κ3) is 1.92. The number of thiophene rings is 1. The maximum atomic E-state index is 13.0. The molecule has 0 amide bonds. The number of carboxylic acids is 1. The van der Waals surface area contributed by atoms with Crippen molar-refractivity contribution in [3.05, 3.63) is 35.0 Å². The van der Waals surface area contributed by atoms with E-state index in [2.05, 4.69) is 15.3 Å². The largest absolute Gasteiger partial charge is 0.477 e. The van der Waals surface area contributed by atoms with Gasteiger partial charge in [-0.3, -0.25) is 0 Å². The molecule has 0 saturated heterocycles. The summed E-state index contributed by atoms with van der Waals surface area (Å²) < 4.78 is 27.1. The van der Waals surface area contributed by atoms with Gasteiger partial charge in [-0.15, -0.1) is 16.4 Å². The predicted octanol–water partition coefficient (Wildman–Crippen LogP) is 2.51. The quantitative estimate of drug-likeness (QED) is 0.803. The lowest BCUT2D eigenvalue weighted by Crippen LogP contribution is -2.01. The van der Waals surface area contributed by atoms with E-state index in [1.807, 2.05) is 0 Å². The molecule has 3 aromatic heterocycles. The van der Waals surface area contributed by atoms with Gasteiger partial charge in [0.05, 0.1) is 0 Å². The normalized spacial score (nSPS) is 11.3. The molecule has 0 spiro atoms. The fourth-order valence-corrected chi connectivity index (χ4v) is 2.72. The van der Waals surface area contributed by atoms with Gasteiger partial charge in [-0.1, -0.05) is 0 Å². The van der Waals surface area contributed by atoms with Crippen molar-refractivity contribution in [1.29, 1.82) is 0 Å². The van der Waals surface area contributed by atoms with E-state index in [9.17, 15) is 13.6 Å². The second-order valence-electron chi connectivity index (χ2n) is 3.81. The first-order chi connectivity index (χ1) is 9.58. The van der Waals surface area contributed by atoms with Crippen LogP contribution in [0.1, 0.15) is 21.8 Å². The van der Waals surface area contributed by atoms with Crippen LogP contribution < -0.4 is 0 Å². The highest BCUT2D eigenvalue weighted by molar-refractivity contribution is 7.20. The highest BCUT2D eigenvalue weighted by Crippen LogP contribution is 2.34. The molecule has 0 saturated carbocycles. The molecule has 0 fully saturated rings. The second-order valence-corrected chi connectivity index (χ2v) is 4.84. The van der Waals surface area contributed by atoms with Crippen LogP contribution in [0, 0.1) is 0 Å². The summed E-state index contributed by atoms with van der Waals surface area (Å²) in [5.41, 5.74) is -0.464. The Labute approximate surface area is 114 Å². The minimum absolute atomic E-state index is 0.0306. The number of aromatic nitrogens is 4. The van der Waals surface area contributed by atoms with E-state index in [1.165, 1.54) is 16.9 Å². The van der Waals surface area contributed by atoms with Crippen LogP contribution in [-0.2, 0) is 0 Å². The molecule has 0 aliphatic carbocycles. The molecule has 6 nitrogen and oxygen atoms in total. The van der Waals surface area contributed by atoms with Gasteiger partial charge >= 0.3 is 5.97 Å². The summed E-state index contributed by atoms with van der Waals surface area (Å²) in [6.45, 7) is 0. The zero-order valence-electron chi connectivity index (χ0n) is 9.70. The zero-order valence-corrected chi connectivity index (χ0v) is 10.5. The lowest BCUT2D eigenvalue weighted by atomic mass is 10.3. The van der Waals surface area contributed by atoms with E-state index in [0.717, 1.165) is 11.3 Å². The van der Waals surface area contributed by atoms with Gasteiger partial charge < -0.3 is 5.11 Å². The Balaban J connectivity index is 2.29. The fourth-order valence-electron chi connectivity index (χ4n) is 1.76. The number of halogens is 2. The van der Waals surface area contributed by atoms with Gasteiger partial charge in [0, 0.05) is 11.6 Å². The van der Waals surface area contributed by atoms with E-state index >= 15 is 0 Å². The van der Waals surface area contributed by atoms with Gasteiger partial charge in [0.25, 0.3) is 6.43 Å². The van der Waals surface area contributed by atoms with Crippen LogP contribution >= 0.6 is 11.3 Å². The van der Waals surface area contributed by atoms with Crippen molar-refractivity contribution in [3.63, 3.8) is 0 Å². The zero-order chi connectivity index (χ0) is 14.3. The van der Waals surface area contributed by atoms with E-state index in [1.54, 1.807) is 12.1 Å². The Morgan fingerprint density at radius 3 is 2.85 bits per heavy atom. The number of nitrogens with zero attached hydrogens (tertiary/aromatic N) is 4. The van der Waals surface area contributed by atoms with Crippen LogP contribution in [0.15, 0.2) is 24.4 Å². The molecule has 20 heavy (non-hydrogen) atoms. The Hall–Kier alpha value is -2.42. The minimum Gasteiger partial charge on any atom is -0.477 e. The average molecular weight is 296 g/mol. The van der Waals surface area contributed by atoms with Crippen molar-refractivity contribution in [2.75, 3.05) is 0 Å². The van der Waals surface area contributed by atoms with Crippen LogP contribution in [-0.4, -0.2) is 31.1 Å². The molecule has 0 bridgehead atoms. The maximum absolute atomic E-state index is 13.0. The SMILES string of the molecule is O=C(O)c1cc2c(C(F)F)nn(-c3cccnn3)c2s1. The van der Waals surface area contributed by atoms with Crippen molar-refractivity contribution < 1.29 is 18.7 Å². The van der Waals surface area contributed by atoms with Gasteiger partial charge in [-0.25, -0.2) is 18.3 Å². The van der Waals surface area contributed by atoms with E-state index < -0.39 is 18.1 Å². The number of hydrogen-bond donors (Lipinski definition) is 1. The molecule has 0 aromatic carbocycles. The Bertz CT molecular complexity index is 784. The average Bonchev–Trinajstić information content (AvgIpc) is 2.97. The summed E-state index contributed by atoms with van der Waals surface area (Å²) in [5, 5.41) is 20.3. The molecule has 3 heterocycles. The molecule has 0 atom stereocenters. The van der Waals surface area contributed by atoms with Crippen molar-refractivity contribution in [2.24, 2.45) is 0 Å². The first-order valence-electron chi connectivity index (χ1n) is 5.40. The van der Waals surface area contributed by atoms with Crippen LogP contribution in [0.2, 0.25) is 0 Å². The molecule has 3 aromatic rings. The third-order valence-electron chi connectivity index (χ3n) is 2.58. The number of carbonyl (C=O) groups is 1. The van der Waals surface area contributed by atoms with E-state index in [4.69, 9.17) is 5.11 Å². The molecule has 0 aliphatic heterocycles. The molecule has 0 aliphatic rings. The van der Waals surface area contributed by atoms with Gasteiger partial charge in [0.1, 0.15) is 15.4 Å². The molecule has 3 rings (SSSR count). The van der Waals surface area contributed by atoms with Gasteiger partial charge in [0.2, 0.25) is 0 Å². The molecule has 9 heteroatoms. The van der Waals surface area contributed by atoms with Crippen LogP contribution in [0.5, 0.6) is 0 Å². The summed E-state index contributed by atoms with van der Waals surface area (Å²) in [6, 6.07) is 4.34. The summed E-state index contributed by atoms with van der Waals surface area (Å²) in [5.74, 6) is -0.916. The van der Waals surface area contributed by atoms with Gasteiger partial charge in [-0.05, 0) is 18.2 Å². The van der Waals surface area contributed by atoms with Crippen molar-refractivity contribution in [3.8, 4) is 5.82 Å². The fraction of sp³-hybridized carbons (Fsp3) is 0.0909. The summed E-state index contributed by atoms with van der Waals surface area (Å²) in [4.78, 5) is 11.2. The third-order valence-corrected chi connectivity index (χ3v) is 3.68. The minimum atomic E-state index is -2.80.